The molecule has 10 heavy (non-hydrogen) atoms. The average Bonchev–Trinajstić information content (AvgIpc) is 1.59. The van der Waals surface area contributed by atoms with Crippen LogP contribution in [-0.2, 0) is 0 Å². The normalized spacial score (nSPS) is 8.40. The number of amides is 1. The van der Waals surface area contributed by atoms with Crippen LogP contribution in [0.4, 0.5) is 4.79 Å². The van der Waals surface area contributed by atoms with Gasteiger partial charge in [-0.25, -0.2) is 25.0 Å². The Morgan fingerprint density at radius 1 is 1.30 bits per heavy atom. The van der Waals surface area contributed by atoms with Crippen molar-refractivity contribution in [2.75, 3.05) is 0 Å². The zero-order chi connectivity index (χ0) is 8.31. The molecule has 0 aliphatic carbocycles. The van der Waals surface area contributed by atoms with Gasteiger partial charge in [-0.15, -0.1) is 0 Å². The highest BCUT2D eigenvalue weighted by Gasteiger charge is 2.36. The molecule has 0 heterocycles. The predicted molar refractivity (Wildman–Crippen MR) is 23.9 cm³/mol. The van der Waals surface area contributed by atoms with Gasteiger partial charge in [-0.2, -0.15) is 0 Å². The zero-order valence-corrected chi connectivity index (χ0v) is 4.33. The second-order valence-electron chi connectivity index (χ2n) is 1.05. The molecule has 1 N–H and O–H groups in total. The van der Waals surface area contributed by atoms with E-state index >= 15 is 0 Å². The fourth-order valence-electron chi connectivity index (χ4n) is 0.199. The molecule has 0 spiro atoms. The summed E-state index contributed by atoms with van der Waals surface area (Å²) in [7, 11) is 0. The number of hydrogen-bond acceptors (Lipinski definition) is 5. The summed E-state index contributed by atoms with van der Waals surface area (Å²) in [5.41, 5.74) is 0. The lowest BCUT2D eigenvalue weighted by Crippen LogP contribution is -2.39. The van der Waals surface area contributed by atoms with Crippen molar-refractivity contribution in [3.05, 3.63) is 20.2 Å². The maximum atomic E-state index is 9.62. The Morgan fingerprint density at radius 2 is 1.60 bits per heavy atom. The Kier molecular flexibility index (Phi) is 2.07. The average molecular weight is 151 g/mol. The summed E-state index contributed by atoms with van der Waals surface area (Å²) < 4.78 is 0. The van der Waals surface area contributed by atoms with Crippen molar-refractivity contribution >= 4 is 6.09 Å². The molecular formula is CHN3O6. The quantitative estimate of drug-likeness (QED) is 0.412. The second-order valence-corrected chi connectivity index (χ2v) is 1.05. The molecule has 0 rings (SSSR count). The monoisotopic (exact) mass is 151 g/mol. The van der Waals surface area contributed by atoms with Crippen molar-refractivity contribution in [2.45, 2.75) is 0 Å². The van der Waals surface area contributed by atoms with E-state index in [1.807, 2.05) is 0 Å². The molecule has 9 nitrogen and oxygen atoms in total. The van der Waals surface area contributed by atoms with Crippen molar-refractivity contribution < 1.29 is 20.0 Å². The lowest BCUT2D eigenvalue weighted by atomic mass is 11.2. The molecule has 56 valence electrons. The first-order valence-corrected chi connectivity index (χ1v) is 1.78. The molecule has 1 amide bonds. The van der Waals surface area contributed by atoms with E-state index in [9.17, 15) is 25.0 Å². The van der Waals surface area contributed by atoms with Gasteiger partial charge in [-0.05, 0) is 0 Å². The molecule has 0 aromatic carbocycles. The van der Waals surface area contributed by atoms with Crippen LogP contribution in [0.25, 0.3) is 0 Å². The third-order valence-corrected chi connectivity index (χ3v) is 0.480. The Bertz CT molecular complexity index is 152. The van der Waals surface area contributed by atoms with E-state index in [2.05, 4.69) is 0 Å². The van der Waals surface area contributed by atoms with Gasteiger partial charge < -0.3 is 5.11 Å². The van der Waals surface area contributed by atoms with Gasteiger partial charge in [0.1, 0.15) is 0 Å². The van der Waals surface area contributed by atoms with Crippen LogP contribution in [0, 0.1) is 20.2 Å². The third-order valence-electron chi connectivity index (χ3n) is 0.480. The number of nitro groups is 2. The van der Waals surface area contributed by atoms with Crippen LogP contribution in [-0.4, -0.2) is 26.4 Å². The van der Waals surface area contributed by atoms with Gasteiger partial charge in [0, 0.05) is 0 Å². The minimum atomic E-state index is -2.24. The van der Waals surface area contributed by atoms with E-state index in [-0.39, 0.29) is 0 Å². The van der Waals surface area contributed by atoms with Crippen molar-refractivity contribution in [2.24, 2.45) is 0 Å². The van der Waals surface area contributed by atoms with Crippen LogP contribution in [0.15, 0.2) is 0 Å². The summed E-state index contributed by atoms with van der Waals surface area (Å²) in [4.78, 5) is 28.6. The Hall–Kier alpha value is -1.93. The van der Waals surface area contributed by atoms with Gasteiger partial charge in [0.2, 0.25) is 10.1 Å². The summed E-state index contributed by atoms with van der Waals surface area (Å²) in [6.07, 6.45) is -2.24. The van der Waals surface area contributed by atoms with Gasteiger partial charge in [0.15, 0.2) is 0 Å². The summed E-state index contributed by atoms with van der Waals surface area (Å²) in [6.45, 7) is 0. The van der Waals surface area contributed by atoms with Crippen LogP contribution < -0.4 is 0 Å². The summed E-state index contributed by atoms with van der Waals surface area (Å²) in [6, 6.07) is 0. The first kappa shape index (κ1) is 8.07. The number of carbonyl (C=O) groups is 1. The van der Waals surface area contributed by atoms with Crippen LogP contribution >= 0.6 is 0 Å². The summed E-state index contributed by atoms with van der Waals surface area (Å²) in [5, 5.41) is 22.3. The van der Waals surface area contributed by atoms with Gasteiger partial charge in [0.25, 0.3) is 5.12 Å². The van der Waals surface area contributed by atoms with E-state index in [0.29, 0.717) is 0 Å². The first-order valence-electron chi connectivity index (χ1n) is 1.78. The SMILES string of the molecule is O=C(O)N([N+](=O)[O-])[N+](=O)[O-]. The molecule has 0 saturated heterocycles. The fraction of sp³-hybridized carbons (Fsp3) is 0. The minimum Gasteiger partial charge on any atom is -0.457 e. The first-order chi connectivity index (χ1) is 4.46. The number of carboxylic acid groups (broad SMARTS) is 1. The molecule has 0 aromatic rings. The maximum absolute atomic E-state index is 9.62. The highest BCUT2D eigenvalue weighted by Crippen LogP contribution is 1.88. The molecule has 0 fully saturated rings. The molecular weight excluding hydrogens is 150 g/mol. The van der Waals surface area contributed by atoms with Gasteiger partial charge in [-0.1, -0.05) is 0 Å². The topological polar surface area (TPSA) is 127 Å². The largest absolute Gasteiger partial charge is 0.539 e. The molecule has 0 aromatic heterocycles. The molecule has 0 aliphatic heterocycles. The highest BCUT2D eigenvalue weighted by atomic mass is 16.8. The minimum absolute atomic E-state index is 1.14. The molecule has 0 aliphatic rings. The van der Waals surface area contributed by atoms with Crippen LogP contribution in [0.2, 0.25) is 0 Å². The van der Waals surface area contributed by atoms with Crippen LogP contribution in [0.5, 0.6) is 0 Å². The standard InChI is InChI=1S/CHN3O6/c5-1(6)2(3(7)8)4(9)10/h(H,5,6). The van der Waals surface area contributed by atoms with Crippen molar-refractivity contribution in [1.82, 2.24) is 5.12 Å². The molecule has 0 saturated carbocycles. The lowest BCUT2D eigenvalue weighted by Gasteiger charge is -1.93. The van der Waals surface area contributed by atoms with Gasteiger partial charge in [-0.3, -0.25) is 0 Å². The molecule has 0 atom stereocenters. The van der Waals surface area contributed by atoms with Crippen molar-refractivity contribution in [3.8, 4) is 0 Å². The highest BCUT2D eigenvalue weighted by molar-refractivity contribution is 5.61. The van der Waals surface area contributed by atoms with Gasteiger partial charge in [0.05, 0.1) is 0 Å². The smallest absolute Gasteiger partial charge is 0.457 e. The predicted octanol–water partition coefficient (Wildman–Crippen LogP) is -0.650. The van der Waals surface area contributed by atoms with E-state index < -0.39 is 21.3 Å². The molecule has 0 bridgehead atoms. The molecule has 0 unspecified atom stereocenters. The Labute approximate surface area is 52.7 Å². The fourth-order valence-corrected chi connectivity index (χ4v) is 0.199. The van der Waals surface area contributed by atoms with E-state index in [1.54, 1.807) is 0 Å². The van der Waals surface area contributed by atoms with E-state index in [0.717, 1.165) is 0 Å². The maximum Gasteiger partial charge on any atom is 0.539 e. The number of nitrogens with zero attached hydrogens (tertiary/aromatic N) is 3. The Balaban J connectivity index is 4.43. The van der Waals surface area contributed by atoms with Crippen LogP contribution in [0.3, 0.4) is 0 Å². The number of hydrogen-bond donors (Lipinski definition) is 1. The molecule has 9 heteroatoms. The van der Waals surface area contributed by atoms with E-state index in [1.165, 1.54) is 0 Å². The Morgan fingerprint density at radius 3 is 1.60 bits per heavy atom. The van der Waals surface area contributed by atoms with E-state index in [4.69, 9.17) is 5.11 Å². The zero-order valence-electron chi connectivity index (χ0n) is 4.33. The molecule has 0 radical (unpaired) electrons. The number of rotatable bonds is 2. The van der Waals surface area contributed by atoms with Crippen LogP contribution in [0.1, 0.15) is 0 Å². The van der Waals surface area contributed by atoms with Gasteiger partial charge >= 0.3 is 6.09 Å². The van der Waals surface area contributed by atoms with Crippen molar-refractivity contribution in [3.63, 3.8) is 0 Å². The summed E-state index contributed by atoms with van der Waals surface area (Å²) in [5.74, 6) is 0. The summed E-state index contributed by atoms with van der Waals surface area (Å²) >= 11 is 0. The lowest BCUT2D eigenvalue weighted by molar-refractivity contribution is -0.885. The second kappa shape index (κ2) is 2.57. The third kappa shape index (κ3) is 1.54. The number of hydrazine groups is 2. The van der Waals surface area contributed by atoms with Crippen molar-refractivity contribution in [1.29, 1.82) is 0 Å².